The number of hydrogen-bond donors (Lipinski definition) is 2. The lowest BCUT2D eigenvalue weighted by atomic mass is 10.0. The minimum Gasteiger partial charge on any atom is -0.452 e. The molecular weight excluding hydrogens is 230 g/mol. The molecular formula is C11H16ClNO3. The van der Waals surface area contributed by atoms with E-state index in [1.807, 2.05) is 13.8 Å². The first-order valence-corrected chi connectivity index (χ1v) is 5.58. The largest absolute Gasteiger partial charge is 0.452 e. The summed E-state index contributed by atoms with van der Waals surface area (Å²) in [6.07, 6.45) is 1.90. The summed E-state index contributed by atoms with van der Waals surface area (Å²) in [7, 11) is 0. The van der Waals surface area contributed by atoms with Crippen molar-refractivity contribution in [2.75, 3.05) is 6.61 Å². The van der Waals surface area contributed by atoms with E-state index in [9.17, 15) is 4.79 Å². The molecule has 1 heterocycles. The molecule has 0 aliphatic rings. The molecule has 1 aromatic rings. The predicted molar refractivity (Wildman–Crippen MR) is 61.5 cm³/mol. The number of aliphatic hydroxyl groups excluding tert-OH is 1. The van der Waals surface area contributed by atoms with Crippen LogP contribution in [-0.4, -0.2) is 23.7 Å². The van der Waals surface area contributed by atoms with Gasteiger partial charge in [-0.1, -0.05) is 13.8 Å². The van der Waals surface area contributed by atoms with Crippen LogP contribution >= 0.6 is 11.6 Å². The first-order chi connectivity index (χ1) is 7.56. The van der Waals surface area contributed by atoms with Gasteiger partial charge in [-0.15, -0.1) is 0 Å². The van der Waals surface area contributed by atoms with Gasteiger partial charge in [-0.25, -0.2) is 0 Å². The van der Waals surface area contributed by atoms with Gasteiger partial charge in [0.1, 0.15) is 0 Å². The minimum absolute atomic E-state index is 0.0439. The Labute approximate surface area is 99.6 Å². The second-order valence-electron chi connectivity index (χ2n) is 3.94. The van der Waals surface area contributed by atoms with E-state index in [4.69, 9.17) is 21.1 Å². The maximum atomic E-state index is 11.8. The molecule has 1 rings (SSSR count). The molecule has 0 aliphatic carbocycles. The molecule has 0 radical (unpaired) electrons. The highest BCUT2D eigenvalue weighted by molar-refractivity contribution is 6.32. The average molecular weight is 246 g/mol. The fourth-order valence-corrected chi connectivity index (χ4v) is 1.61. The Bertz CT molecular complexity index is 349. The lowest BCUT2D eigenvalue weighted by Crippen LogP contribution is -2.39. The van der Waals surface area contributed by atoms with Gasteiger partial charge in [-0.05, 0) is 30.0 Å². The number of carbonyl (C=O) groups is 1. The number of carbonyl (C=O) groups excluding carboxylic acids is 1. The highest BCUT2D eigenvalue weighted by atomic mass is 35.5. The summed E-state index contributed by atoms with van der Waals surface area (Å²) >= 11 is 5.70. The molecule has 4 nitrogen and oxygen atoms in total. The van der Waals surface area contributed by atoms with Crippen molar-refractivity contribution in [3.8, 4) is 0 Å². The van der Waals surface area contributed by atoms with E-state index in [-0.39, 0.29) is 29.7 Å². The molecule has 0 saturated heterocycles. The zero-order chi connectivity index (χ0) is 12.1. The Morgan fingerprint density at radius 3 is 2.75 bits per heavy atom. The average Bonchev–Trinajstić information content (AvgIpc) is 2.63. The fraction of sp³-hybridized carbons (Fsp3) is 0.545. The van der Waals surface area contributed by atoms with Crippen LogP contribution in [0.1, 0.15) is 30.6 Å². The summed E-state index contributed by atoms with van der Waals surface area (Å²) in [5.74, 6) is -0.0207. The zero-order valence-electron chi connectivity index (χ0n) is 9.37. The summed E-state index contributed by atoms with van der Waals surface area (Å²) in [5, 5.41) is 11.8. The second kappa shape index (κ2) is 5.92. The third-order valence-corrected chi connectivity index (χ3v) is 2.72. The van der Waals surface area contributed by atoms with Crippen LogP contribution in [0.3, 0.4) is 0 Å². The monoisotopic (exact) mass is 245 g/mol. The Morgan fingerprint density at radius 2 is 2.31 bits per heavy atom. The van der Waals surface area contributed by atoms with E-state index in [1.54, 1.807) is 0 Å². The number of amides is 1. The molecule has 5 heteroatoms. The summed E-state index contributed by atoms with van der Waals surface area (Å²) in [6.45, 7) is 4.01. The van der Waals surface area contributed by atoms with Crippen LogP contribution in [0.25, 0.3) is 0 Å². The molecule has 90 valence electrons. The van der Waals surface area contributed by atoms with Gasteiger partial charge in [0.05, 0.1) is 11.8 Å². The van der Waals surface area contributed by atoms with Gasteiger partial charge in [0.25, 0.3) is 5.91 Å². The van der Waals surface area contributed by atoms with Gasteiger partial charge in [0.15, 0.2) is 0 Å². The molecule has 0 fully saturated rings. The van der Waals surface area contributed by atoms with Crippen LogP contribution in [-0.2, 0) is 0 Å². The molecule has 2 N–H and O–H groups in total. The Kier molecular flexibility index (Phi) is 4.83. The van der Waals surface area contributed by atoms with Gasteiger partial charge in [0.2, 0.25) is 5.22 Å². The highest BCUT2D eigenvalue weighted by Crippen LogP contribution is 2.17. The first kappa shape index (κ1) is 13.1. The predicted octanol–water partition coefficient (Wildman–Crippen LogP) is 2.07. The van der Waals surface area contributed by atoms with Gasteiger partial charge in [-0.3, -0.25) is 4.79 Å². The third-order valence-electron chi connectivity index (χ3n) is 2.42. The summed E-state index contributed by atoms with van der Waals surface area (Å²) in [5.41, 5.74) is 0.324. The van der Waals surface area contributed by atoms with Gasteiger partial charge in [-0.2, -0.15) is 0 Å². The molecule has 0 aliphatic heterocycles. The van der Waals surface area contributed by atoms with E-state index in [0.29, 0.717) is 12.0 Å². The van der Waals surface area contributed by atoms with Gasteiger partial charge >= 0.3 is 0 Å². The highest BCUT2D eigenvalue weighted by Gasteiger charge is 2.19. The topological polar surface area (TPSA) is 62.5 Å². The number of nitrogens with one attached hydrogen (secondary N) is 1. The Balaban J connectivity index is 2.65. The summed E-state index contributed by atoms with van der Waals surface area (Å²) in [4.78, 5) is 11.8. The van der Waals surface area contributed by atoms with Crippen molar-refractivity contribution in [3.63, 3.8) is 0 Å². The summed E-state index contributed by atoms with van der Waals surface area (Å²) < 4.78 is 4.84. The number of furan rings is 1. The van der Waals surface area contributed by atoms with Crippen LogP contribution in [0.4, 0.5) is 0 Å². The number of hydrogen-bond acceptors (Lipinski definition) is 3. The molecule has 1 unspecified atom stereocenters. The van der Waals surface area contributed by atoms with Crippen molar-refractivity contribution in [2.45, 2.75) is 26.3 Å². The van der Waals surface area contributed by atoms with Crippen molar-refractivity contribution in [1.82, 2.24) is 5.32 Å². The second-order valence-corrected chi connectivity index (χ2v) is 4.29. The van der Waals surface area contributed by atoms with Crippen LogP contribution in [0.5, 0.6) is 0 Å². The van der Waals surface area contributed by atoms with Gasteiger partial charge < -0.3 is 14.8 Å². The Morgan fingerprint density at radius 1 is 1.62 bits per heavy atom. The maximum Gasteiger partial charge on any atom is 0.256 e. The number of halogens is 1. The quantitative estimate of drug-likeness (QED) is 0.835. The molecule has 0 bridgehead atoms. The van der Waals surface area contributed by atoms with E-state index in [0.717, 1.165) is 0 Å². The van der Waals surface area contributed by atoms with Crippen molar-refractivity contribution in [2.24, 2.45) is 5.92 Å². The number of aliphatic hydroxyl groups is 1. The van der Waals surface area contributed by atoms with Crippen LogP contribution in [0.2, 0.25) is 5.22 Å². The maximum absolute atomic E-state index is 11.8. The molecule has 0 saturated carbocycles. The van der Waals surface area contributed by atoms with Crippen molar-refractivity contribution in [1.29, 1.82) is 0 Å². The molecule has 1 atom stereocenters. The summed E-state index contributed by atoms with van der Waals surface area (Å²) in [6, 6.07) is 1.46. The van der Waals surface area contributed by atoms with Crippen LogP contribution in [0, 0.1) is 5.92 Å². The zero-order valence-corrected chi connectivity index (χ0v) is 10.1. The van der Waals surface area contributed by atoms with Crippen molar-refractivity contribution in [3.05, 3.63) is 23.1 Å². The van der Waals surface area contributed by atoms with E-state index >= 15 is 0 Å². The molecule has 1 aromatic heterocycles. The minimum atomic E-state index is -0.272. The standard InChI is InChI=1S/C11H16ClNO3/c1-7(2)9(3-5-14)13-11(15)8-4-6-16-10(8)12/h4,6-7,9,14H,3,5H2,1-2H3,(H,13,15). The smallest absolute Gasteiger partial charge is 0.256 e. The molecule has 0 aromatic carbocycles. The third kappa shape index (κ3) is 3.25. The van der Waals surface area contributed by atoms with Crippen molar-refractivity contribution >= 4 is 17.5 Å². The number of rotatable bonds is 5. The lowest BCUT2D eigenvalue weighted by molar-refractivity contribution is 0.0916. The van der Waals surface area contributed by atoms with Crippen LogP contribution < -0.4 is 5.32 Å². The van der Waals surface area contributed by atoms with Gasteiger partial charge in [0, 0.05) is 12.6 Å². The van der Waals surface area contributed by atoms with E-state index in [2.05, 4.69) is 5.32 Å². The first-order valence-electron chi connectivity index (χ1n) is 5.21. The fourth-order valence-electron chi connectivity index (χ4n) is 1.41. The molecule has 0 spiro atoms. The van der Waals surface area contributed by atoms with Crippen LogP contribution in [0.15, 0.2) is 16.7 Å². The van der Waals surface area contributed by atoms with E-state index < -0.39 is 0 Å². The SMILES string of the molecule is CC(C)C(CCO)NC(=O)c1ccoc1Cl. The molecule has 1 amide bonds. The normalized spacial score (nSPS) is 12.8. The van der Waals surface area contributed by atoms with E-state index in [1.165, 1.54) is 12.3 Å². The lowest BCUT2D eigenvalue weighted by Gasteiger charge is -2.21. The van der Waals surface area contributed by atoms with Crippen molar-refractivity contribution < 1.29 is 14.3 Å². The Hall–Kier alpha value is -1.00. The molecule has 16 heavy (non-hydrogen) atoms.